The molecule has 2 N–H and O–H groups in total. The van der Waals surface area contributed by atoms with Crippen LogP contribution in [0.4, 0.5) is 0 Å². The lowest BCUT2D eigenvalue weighted by Crippen LogP contribution is -2.39. The fraction of sp³-hybridized carbons (Fsp3) is 0.600. The standard InChI is InChI=1S/C10H15N3OS/c1-10(2-3-11-7-10)9(14)13-6-8-12-4-5-15-8/h4-5,11H,2-3,6-7H2,1H3,(H,13,14). The van der Waals surface area contributed by atoms with Gasteiger partial charge in [0.25, 0.3) is 0 Å². The third kappa shape index (κ3) is 2.35. The maximum atomic E-state index is 11.9. The van der Waals surface area contributed by atoms with Crippen molar-refractivity contribution in [3.8, 4) is 0 Å². The molecule has 1 aliphatic heterocycles. The molecule has 1 unspecified atom stereocenters. The second-order valence-corrected chi connectivity index (χ2v) is 5.08. The molecule has 15 heavy (non-hydrogen) atoms. The molecule has 1 aromatic rings. The van der Waals surface area contributed by atoms with Crippen molar-refractivity contribution in [3.05, 3.63) is 16.6 Å². The Balaban J connectivity index is 1.87. The monoisotopic (exact) mass is 225 g/mol. The van der Waals surface area contributed by atoms with E-state index in [0.717, 1.165) is 24.5 Å². The smallest absolute Gasteiger partial charge is 0.227 e. The lowest BCUT2D eigenvalue weighted by atomic mass is 9.89. The summed E-state index contributed by atoms with van der Waals surface area (Å²) in [5, 5.41) is 9.02. The fourth-order valence-corrected chi connectivity index (χ4v) is 2.28. The summed E-state index contributed by atoms with van der Waals surface area (Å²) in [6.45, 7) is 4.26. The maximum Gasteiger partial charge on any atom is 0.227 e. The molecule has 1 amide bonds. The van der Waals surface area contributed by atoms with Crippen LogP contribution in [0.15, 0.2) is 11.6 Å². The number of rotatable bonds is 3. The molecule has 0 aliphatic carbocycles. The predicted octanol–water partition coefficient (Wildman–Crippen LogP) is 0.759. The van der Waals surface area contributed by atoms with Gasteiger partial charge in [0, 0.05) is 18.1 Å². The van der Waals surface area contributed by atoms with Crippen LogP contribution in [0.3, 0.4) is 0 Å². The van der Waals surface area contributed by atoms with E-state index in [1.165, 1.54) is 0 Å². The quantitative estimate of drug-likeness (QED) is 0.798. The molecular weight excluding hydrogens is 210 g/mol. The predicted molar refractivity (Wildman–Crippen MR) is 59.6 cm³/mol. The van der Waals surface area contributed by atoms with Gasteiger partial charge in [-0.2, -0.15) is 0 Å². The normalized spacial score (nSPS) is 25.4. The van der Waals surface area contributed by atoms with E-state index in [9.17, 15) is 4.79 Å². The van der Waals surface area contributed by atoms with E-state index in [-0.39, 0.29) is 11.3 Å². The summed E-state index contributed by atoms with van der Waals surface area (Å²) < 4.78 is 0. The zero-order valence-electron chi connectivity index (χ0n) is 8.75. The molecular formula is C10H15N3OS. The molecule has 5 heteroatoms. The molecule has 0 saturated carbocycles. The number of amides is 1. The van der Waals surface area contributed by atoms with Crippen LogP contribution in [0.25, 0.3) is 0 Å². The van der Waals surface area contributed by atoms with E-state index in [1.54, 1.807) is 17.5 Å². The van der Waals surface area contributed by atoms with E-state index in [0.29, 0.717) is 6.54 Å². The van der Waals surface area contributed by atoms with Crippen LogP contribution >= 0.6 is 11.3 Å². The number of aromatic nitrogens is 1. The first-order valence-electron chi connectivity index (χ1n) is 5.08. The molecule has 82 valence electrons. The molecule has 0 spiro atoms. The van der Waals surface area contributed by atoms with Gasteiger partial charge in [-0.05, 0) is 19.9 Å². The Labute approximate surface area is 93.1 Å². The first kappa shape index (κ1) is 10.6. The molecule has 0 radical (unpaired) electrons. The Bertz CT molecular complexity index is 330. The fourth-order valence-electron chi connectivity index (χ4n) is 1.72. The van der Waals surface area contributed by atoms with E-state index in [2.05, 4.69) is 15.6 Å². The Morgan fingerprint density at radius 2 is 2.67 bits per heavy atom. The van der Waals surface area contributed by atoms with Crippen molar-refractivity contribution in [2.24, 2.45) is 5.41 Å². The van der Waals surface area contributed by atoms with Gasteiger partial charge < -0.3 is 10.6 Å². The summed E-state index contributed by atoms with van der Waals surface area (Å²) in [6, 6.07) is 0. The molecule has 0 bridgehead atoms. The molecule has 4 nitrogen and oxygen atoms in total. The summed E-state index contributed by atoms with van der Waals surface area (Å²) in [6.07, 6.45) is 2.67. The van der Waals surface area contributed by atoms with Crippen LogP contribution in [-0.2, 0) is 11.3 Å². The summed E-state index contributed by atoms with van der Waals surface area (Å²) in [4.78, 5) is 16.0. The van der Waals surface area contributed by atoms with Crippen molar-refractivity contribution < 1.29 is 4.79 Å². The molecule has 1 fully saturated rings. The number of carbonyl (C=O) groups excluding carboxylic acids is 1. The highest BCUT2D eigenvalue weighted by Crippen LogP contribution is 2.24. The van der Waals surface area contributed by atoms with Crippen LogP contribution in [0, 0.1) is 5.41 Å². The highest BCUT2D eigenvalue weighted by atomic mass is 32.1. The number of thiazole rings is 1. The molecule has 0 aromatic carbocycles. The molecule has 1 aromatic heterocycles. The Kier molecular flexibility index (Phi) is 3.02. The SMILES string of the molecule is CC1(C(=O)NCc2nccs2)CCNC1. The minimum absolute atomic E-state index is 0.128. The van der Waals surface area contributed by atoms with Gasteiger partial charge in [0.15, 0.2) is 0 Å². The van der Waals surface area contributed by atoms with E-state index < -0.39 is 0 Å². The Hall–Kier alpha value is -0.940. The van der Waals surface area contributed by atoms with Gasteiger partial charge >= 0.3 is 0 Å². The van der Waals surface area contributed by atoms with Crippen molar-refractivity contribution in [2.45, 2.75) is 19.9 Å². The molecule has 1 saturated heterocycles. The van der Waals surface area contributed by atoms with E-state index >= 15 is 0 Å². The van der Waals surface area contributed by atoms with Crippen molar-refractivity contribution in [2.75, 3.05) is 13.1 Å². The number of hydrogen-bond donors (Lipinski definition) is 2. The summed E-state index contributed by atoms with van der Waals surface area (Å²) in [7, 11) is 0. The summed E-state index contributed by atoms with van der Waals surface area (Å²) in [5.41, 5.74) is -0.239. The lowest BCUT2D eigenvalue weighted by Gasteiger charge is -2.20. The third-order valence-corrected chi connectivity index (χ3v) is 3.58. The van der Waals surface area contributed by atoms with Gasteiger partial charge in [-0.25, -0.2) is 4.98 Å². The molecule has 2 rings (SSSR count). The first-order chi connectivity index (χ1) is 7.21. The number of hydrogen-bond acceptors (Lipinski definition) is 4. The van der Waals surface area contributed by atoms with Crippen LogP contribution in [0.5, 0.6) is 0 Å². The Morgan fingerprint density at radius 3 is 3.27 bits per heavy atom. The van der Waals surface area contributed by atoms with Crippen LogP contribution in [0.1, 0.15) is 18.4 Å². The minimum Gasteiger partial charge on any atom is -0.349 e. The highest BCUT2D eigenvalue weighted by molar-refractivity contribution is 7.09. The second-order valence-electron chi connectivity index (χ2n) is 4.10. The average Bonchev–Trinajstić information content (AvgIpc) is 2.85. The van der Waals surface area contributed by atoms with Crippen LogP contribution in [-0.4, -0.2) is 24.0 Å². The van der Waals surface area contributed by atoms with Gasteiger partial charge in [0.2, 0.25) is 5.91 Å². The van der Waals surface area contributed by atoms with Crippen LogP contribution < -0.4 is 10.6 Å². The zero-order valence-corrected chi connectivity index (χ0v) is 9.56. The van der Waals surface area contributed by atoms with E-state index in [1.807, 2.05) is 12.3 Å². The number of nitrogens with one attached hydrogen (secondary N) is 2. The average molecular weight is 225 g/mol. The van der Waals surface area contributed by atoms with Crippen LogP contribution in [0.2, 0.25) is 0 Å². The van der Waals surface area contributed by atoms with Gasteiger partial charge in [-0.3, -0.25) is 4.79 Å². The zero-order chi connectivity index (χ0) is 10.7. The Morgan fingerprint density at radius 1 is 1.80 bits per heavy atom. The molecule has 1 atom stereocenters. The molecule has 2 heterocycles. The highest BCUT2D eigenvalue weighted by Gasteiger charge is 2.35. The lowest BCUT2D eigenvalue weighted by molar-refractivity contribution is -0.129. The van der Waals surface area contributed by atoms with Gasteiger partial charge in [-0.1, -0.05) is 0 Å². The largest absolute Gasteiger partial charge is 0.349 e. The van der Waals surface area contributed by atoms with E-state index in [4.69, 9.17) is 0 Å². The van der Waals surface area contributed by atoms with Crippen molar-refractivity contribution in [1.29, 1.82) is 0 Å². The first-order valence-corrected chi connectivity index (χ1v) is 5.96. The number of carbonyl (C=O) groups is 1. The maximum absolute atomic E-state index is 11.9. The topological polar surface area (TPSA) is 54.0 Å². The summed E-state index contributed by atoms with van der Waals surface area (Å²) in [5.74, 6) is 0.128. The van der Waals surface area contributed by atoms with Gasteiger partial charge in [0.05, 0.1) is 12.0 Å². The van der Waals surface area contributed by atoms with Crippen molar-refractivity contribution in [3.63, 3.8) is 0 Å². The van der Waals surface area contributed by atoms with Gasteiger partial charge in [-0.15, -0.1) is 11.3 Å². The summed E-state index contributed by atoms with van der Waals surface area (Å²) >= 11 is 1.56. The van der Waals surface area contributed by atoms with Gasteiger partial charge in [0.1, 0.15) is 5.01 Å². The third-order valence-electron chi connectivity index (χ3n) is 2.80. The molecule has 1 aliphatic rings. The van der Waals surface area contributed by atoms with Crippen molar-refractivity contribution >= 4 is 17.2 Å². The second kappa shape index (κ2) is 4.28. The minimum atomic E-state index is -0.239. The van der Waals surface area contributed by atoms with Crippen molar-refractivity contribution in [1.82, 2.24) is 15.6 Å². The number of nitrogens with zero attached hydrogens (tertiary/aromatic N) is 1.